The Kier molecular flexibility index (Phi) is 3.67. The maximum atomic E-state index is 12.1. The van der Waals surface area contributed by atoms with Gasteiger partial charge in [-0.2, -0.15) is 0 Å². The zero-order valence-electron chi connectivity index (χ0n) is 10.6. The number of aromatic hydroxyl groups is 1. The fraction of sp³-hybridized carbons (Fsp3) is 0.200. The Labute approximate surface area is 111 Å². The highest BCUT2D eigenvalue weighted by molar-refractivity contribution is 5.56. The standard InChI is InChI=1S/C15H14N2O2/c1-3-10-17-14(11-8-6-5-7-9-11)16-12(4-2)13(18)15(17)19/h1,5-9,18H,4,10H2,2H3. The Morgan fingerprint density at radius 3 is 2.63 bits per heavy atom. The second kappa shape index (κ2) is 5.40. The van der Waals surface area contributed by atoms with E-state index in [0.29, 0.717) is 17.9 Å². The van der Waals surface area contributed by atoms with Crippen molar-refractivity contribution in [2.75, 3.05) is 0 Å². The lowest BCUT2D eigenvalue weighted by Crippen LogP contribution is -2.24. The van der Waals surface area contributed by atoms with Crippen LogP contribution in [0.1, 0.15) is 12.6 Å². The van der Waals surface area contributed by atoms with Crippen LogP contribution < -0.4 is 5.56 Å². The molecule has 0 aliphatic rings. The van der Waals surface area contributed by atoms with E-state index in [0.717, 1.165) is 5.56 Å². The summed E-state index contributed by atoms with van der Waals surface area (Å²) in [4.78, 5) is 16.5. The summed E-state index contributed by atoms with van der Waals surface area (Å²) in [7, 11) is 0. The molecule has 0 radical (unpaired) electrons. The van der Waals surface area contributed by atoms with Crippen molar-refractivity contribution in [3.05, 3.63) is 46.4 Å². The average Bonchev–Trinajstić information content (AvgIpc) is 2.45. The van der Waals surface area contributed by atoms with Crippen LogP contribution in [0.5, 0.6) is 5.75 Å². The van der Waals surface area contributed by atoms with Gasteiger partial charge in [0.2, 0.25) is 5.75 Å². The predicted octanol–water partition coefficient (Wildman–Crippen LogP) is 1.81. The molecule has 0 unspecified atom stereocenters. The molecule has 2 rings (SSSR count). The van der Waals surface area contributed by atoms with E-state index < -0.39 is 5.56 Å². The maximum absolute atomic E-state index is 12.1. The normalized spacial score (nSPS) is 10.1. The van der Waals surface area contributed by atoms with Crippen LogP contribution in [-0.4, -0.2) is 14.7 Å². The highest BCUT2D eigenvalue weighted by Gasteiger charge is 2.15. The molecular weight excluding hydrogens is 240 g/mol. The molecular formula is C15H14N2O2. The molecule has 1 heterocycles. The van der Waals surface area contributed by atoms with Gasteiger partial charge in [-0.05, 0) is 6.42 Å². The van der Waals surface area contributed by atoms with Crippen molar-refractivity contribution in [1.29, 1.82) is 0 Å². The lowest BCUT2D eigenvalue weighted by Gasteiger charge is -2.12. The van der Waals surface area contributed by atoms with E-state index in [1.165, 1.54) is 4.57 Å². The number of aryl methyl sites for hydroxylation is 1. The first-order valence-electron chi connectivity index (χ1n) is 6.00. The number of rotatable bonds is 3. The number of nitrogens with zero attached hydrogens (tertiary/aromatic N) is 2. The van der Waals surface area contributed by atoms with E-state index in [-0.39, 0.29) is 12.3 Å². The fourth-order valence-corrected chi connectivity index (χ4v) is 1.88. The number of hydrogen-bond acceptors (Lipinski definition) is 3. The Hall–Kier alpha value is -2.54. The van der Waals surface area contributed by atoms with Crippen LogP contribution in [0.2, 0.25) is 0 Å². The van der Waals surface area contributed by atoms with Crippen molar-refractivity contribution in [2.45, 2.75) is 19.9 Å². The van der Waals surface area contributed by atoms with E-state index in [9.17, 15) is 9.90 Å². The summed E-state index contributed by atoms with van der Waals surface area (Å²) in [5.74, 6) is 2.57. The van der Waals surface area contributed by atoms with Gasteiger partial charge >= 0.3 is 0 Å². The van der Waals surface area contributed by atoms with Crippen LogP contribution in [0.4, 0.5) is 0 Å². The van der Waals surface area contributed by atoms with Crippen LogP contribution in [0.3, 0.4) is 0 Å². The number of hydrogen-bond donors (Lipinski definition) is 1. The summed E-state index contributed by atoms with van der Waals surface area (Å²) in [5.41, 5.74) is 0.685. The van der Waals surface area contributed by atoms with Gasteiger partial charge in [-0.15, -0.1) is 6.42 Å². The fourth-order valence-electron chi connectivity index (χ4n) is 1.88. The minimum atomic E-state index is -0.497. The van der Waals surface area contributed by atoms with Gasteiger partial charge in [-0.1, -0.05) is 43.2 Å². The van der Waals surface area contributed by atoms with Crippen molar-refractivity contribution < 1.29 is 5.11 Å². The average molecular weight is 254 g/mol. The lowest BCUT2D eigenvalue weighted by atomic mass is 10.2. The summed E-state index contributed by atoms with van der Waals surface area (Å²) in [6.07, 6.45) is 5.76. The van der Waals surface area contributed by atoms with Gasteiger partial charge < -0.3 is 5.11 Å². The lowest BCUT2D eigenvalue weighted by molar-refractivity contribution is 0.448. The zero-order valence-corrected chi connectivity index (χ0v) is 10.6. The highest BCUT2D eigenvalue weighted by atomic mass is 16.3. The molecule has 4 nitrogen and oxygen atoms in total. The summed E-state index contributed by atoms with van der Waals surface area (Å²) >= 11 is 0. The molecule has 1 N–H and O–H groups in total. The van der Waals surface area contributed by atoms with Gasteiger partial charge in [0.1, 0.15) is 5.82 Å². The third-order valence-electron chi connectivity index (χ3n) is 2.83. The van der Waals surface area contributed by atoms with E-state index in [1.807, 2.05) is 37.3 Å². The van der Waals surface area contributed by atoms with Gasteiger partial charge in [0.25, 0.3) is 5.56 Å². The van der Waals surface area contributed by atoms with Crippen molar-refractivity contribution in [2.24, 2.45) is 0 Å². The summed E-state index contributed by atoms with van der Waals surface area (Å²) in [5, 5.41) is 9.81. The molecule has 19 heavy (non-hydrogen) atoms. The van der Waals surface area contributed by atoms with Gasteiger partial charge in [0.15, 0.2) is 0 Å². The van der Waals surface area contributed by atoms with Crippen molar-refractivity contribution in [3.63, 3.8) is 0 Å². The zero-order chi connectivity index (χ0) is 13.8. The Balaban J connectivity index is 2.75. The van der Waals surface area contributed by atoms with Gasteiger partial charge in [-0.3, -0.25) is 9.36 Å². The van der Waals surface area contributed by atoms with E-state index in [1.54, 1.807) is 0 Å². The molecule has 0 atom stereocenters. The molecule has 0 amide bonds. The molecule has 0 saturated carbocycles. The summed E-state index contributed by atoms with van der Waals surface area (Å²) < 4.78 is 1.31. The highest BCUT2D eigenvalue weighted by Crippen LogP contribution is 2.19. The molecule has 0 aliphatic carbocycles. The van der Waals surface area contributed by atoms with Crippen LogP contribution >= 0.6 is 0 Å². The van der Waals surface area contributed by atoms with Crippen molar-refractivity contribution >= 4 is 0 Å². The molecule has 4 heteroatoms. The summed E-state index contributed by atoms with van der Waals surface area (Å²) in [6, 6.07) is 9.31. The first-order valence-corrected chi connectivity index (χ1v) is 6.00. The third-order valence-corrected chi connectivity index (χ3v) is 2.83. The molecule has 0 saturated heterocycles. The second-order valence-electron chi connectivity index (χ2n) is 4.05. The topological polar surface area (TPSA) is 55.1 Å². The van der Waals surface area contributed by atoms with Crippen LogP contribution in [0.25, 0.3) is 11.4 Å². The molecule has 0 bridgehead atoms. The molecule has 0 aliphatic heterocycles. The summed E-state index contributed by atoms with van der Waals surface area (Å²) in [6.45, 7) is 1.91. The minimum absolute atomic E-state index is 0.0770. The van der Waals surface area contributed by atoms with Gasteiger partial charge in [0, 0.05) is 5.56 Å². The molecule has 0 fully saturated rings. The minimum Gasteiger partial charge on any atom is -0.502 e. The first-order chi connectivity index (χ1) is 9.19. The molecule has 2 aromatic rings. The largest absolute Gasteiger partial charge is 0.502 e. The quantitative estimate of drug-likeness (QED) is 0.850. The van der Waals surface area contributed by atoms with Crippen LogP contribution in [0, 0.1) is 12.3 Å². The van der Waals surface area contributed by atoms with E-state index >= 15 is 0 Å². The van der Waals surface area contributed by atoms with Crippen molar-refractivity contribution in [1.82, 2.24) is 9.55 Å². The molecule has 1 aromatic carbocycles. The van der Waals surface area contributed by atoms with Crippen LogP contribution in [-0.2, 0) is 13.0 Å². The predicted molar refractivity (Wildman–Crippen MR) is 73.8 cm³/mol. The van der Waals surface area contributed by atoms with E-state index in [4.69, 9.17) is 6.42 Å². The van der Waals surface area contributed by atoms with Crippen molar-refractivity contribution in [3.8, 4) is 29.5 Å². The van der Waals surface area contributed by atoms with E-state index in [2.05, 4.69) is 10.9 Å². The molecule has 96 valence electrons. The Bertz CT molecular complexity index is 682. The number of aromatic nitrogens is 2. The monoisotopic (exact) mass is 254 g/mol. The molecule has 0 spiro atoms. The Morgan fingerprint density at radius 1 is 1.37 bits per heavy atom. The second-order valence-corrected chi connectivity index (χ2v) is 4.05. The first kappa shape index (κ1) is 12.9. The smallest absolute Gasteiger partial charge is 0.297 e. The number of benzene rings is 1. The van der Waals surface area contributed by atoms with Crippen LogP contribution in [0.15, 0.2) is 35.1 Å². The van der Waals surface area contributed by atoms with Gasteiger partial charge in [0.05, 0.1) is 12.2 Å². The SMILES string of the molecule is C#CCn1c(-c2ccccc2)nc(CC)c(O)c1=O. The Morgan fingerprint density at radius 2 is 2.05 bits per heavy atom. The number of terminal acetylenes is 1. The maximum Gasteiger partial charge on any atom is 0.297 e. The van der Waals surface area contributed by atoms with Gasteiger partial charge in [-0.25, -0.2) is 4.98 Å². The molecule has 1 aromatic heterocycles. The third kappa shape index (κ3) is 2.36.